The lowest BCUT2D eigenvalue weighted by molar-refractivity contribution is 0.982. The van der Waals surface area contributed by atoms with E-state index >= 15 is 0 Å². The number of aromatic nitrogens is 3. The number of para-hydroxylation sites is 1. The Morgan fingerprint density at radius 2 is 1.78 bits per heavy atom. The average Bonchev–Trinajstić information content (AvgIpc) is 2.58. The predicted molar refractivity (Wildman–Crippen MR) is 91.7 cm³/mol. The maximum atomic E-state index is 8.80. The molecule has 6 nitrogen and oxygen atoms in total. The van der Waals surface area contributed by atoms with Crippen LogP contribution >= 0.6 is 15.9 Å². The van der Waals surface area contributed by atoms with Gasteiger partial charge in [0.05, 0.1) is 23.5 Å². The van der Waals surface area contributed by atoms with Crippen LogP contribution in [0.1, 0.15) is 5.56 Å². The van der Waals surface area contributed by atoms with Gasteiger partial charge in [-0.25, -0.2) is 0 Å². The van der Waals surface area contributed by atoms with Crippen molar-refractivity contribution in [1.29, 1.82) is 5.26 Å². The standard InChI is InChI=1S/C16H11BrN6/c17-13-3-1-2-4-14(13)21-15-10-19-23-16(22-15)20-12-7-5-11(9-18)6-8-12/h1-8,10H,(H2,20,21,22,23). The molecular weight excluding hydrogens is 356 g/mol. The van der Waals surface area contributed by atoms with Gasteiger partial charge in [0.25, 0.3) is 0 Å². The van der Waals surface area contributed by atoms with Crippen LogP contribution in [0.25, 0.3) is 0 Å². The fourth-order valence-corrected chi connectivity index (χ4v) is 2.26. The molecule has 0 radical (unpaired) electrons. The number of nitriles is 1. The number of nitrogens with zero attached hydrogens (tertiary/aromatic N) is 4. The second-order valence-electron chi connectivity index (χ2n) is 4.58. The Kier molecular flexibility index (Phi) is 4.45. The SMILES string of the molecule is N#Cc1ccc(Nc2nncc(Nc3ccccc3Br)n2)cc1. The van der Waals surface area contributed by atoms with Crippen molar-refractivity contribution in [1.82, 2.24) is 15.2 Å². The minimum Gasteiger partial charge on any atom is -0.338 e. The van der Waals surface area contributed by atoms with Gasteiger partial charge in [-0.1, -0.05) is 12.1 Å². The summed E-state index contributed by atoms with van der Waals surface area (Å²) in [5, 5.41) is 22.9. The van der Waals surface area contributed by atoms with Gasteiger partial charge in [0, 0.05) is 10.2 Å². The van der Waals surface area contributed by atoms with Gasteiger partial charge in [0.2, 0.25) is 5.95 Å². The van der Waals surface area contributed by atoms with Gasteiger partial charge in [-0.2, -0.15) is 15.3 Å². The minimum absolute atomic E-state index is 0.367. The third-order valence-electron chi connectivity index (χ3n) is 2.97. The Morgan fingerprint density at radius 3 is 2.52 bits per heavy atom. The summed E-state index contributed by atoms with van der Waals surface area (Å²) in [5.41, 5.74) is 2.26. The zero-order chi connectivity index (χ0) is 16.1. The molecule has 0 aliphatic heterocycles. The third-order valence-corrected chi connectivity index (χ3v) is 3.66. The first kappa shape index (κ1) is 14.9. The van der Waals surface area contributed by atoms with Crippen molar-refractivity contribution in [2.45, 2.75) is 0 Å². The van der Waals surface area contributed by atoms with Crippen LogP contribution in [-0.4, -0.2) is 15.2 Å². The maximum absolute atomic E-state index is 8.80. The van der Waals surface area contributed by atoms with Crippen molar-refractivity contribution in [3.63, 3.8) is 0 Å². The van der Waals surface area contributed by atoms with Crippen LogP contribution in [0.4, 0.5) is 23.1 Å². The van der Waals surface area contributed by atoms with Gasteiger partial charge in [-0.05, 0) is 52.3 Å². The molecule has 0 aliphatic carbocycles. The highest BCUT2D eigenvalue weighted by atomic mass is 79.9. The molecule has 0 saturated heterocycles. The summed E-state index contributed by atoms with van der Waals surface area (Å²) >= 11 is 3.47. The normalized spacial score (nSPS) is 9.91. The molecule has 0 saturated carbocycles. The van der Waals surface area contributed by atoms with Gasteiger partial charge in [-0.15, -0.1) is 5.10 Å². The monoisotopic (exact) mass is 366 g/mol. The molecule has 23 heavy (non-hydrogen) atoms. The highest BCUT2D eigenvalue weighted by Crippen LogP contribution is 2.24. The van der Waals surface area contributed by atoms with Crippen LogP contribution in [0.3, 0.4) is 0 Å². The fourth-order valence-electron chi connectivity index (χ4n) is 1.87. The first-order valence-corrected chi connectivity index (χ1v) is 7.52. The van der Waals surface area contributed by atoms with E-state index in [1.54, 1.807) is 30.5 Å². The Bertz CT molecular complexity index is 857. The molecule has 0 spiro atoms. The molecule has 0 aliphatic rings. The number of halogens is 1. The molecule has 112 valence electrons. The van der Waals surface area contributed by atoms with Crippen LogP contribution in [0.15, 0.2) is 59.2 Å². The van der Waals surface area contributed by atoms with Gasteiger partial charge in [0.1, 0.15) is 0 Å². The summed E-state index contributed by atoms with van der Waals surface area (Å²) in [6, 6.07) is 16.8. The first-order chi connectivity index (χ1) is 11.2. The van der Waals surface area contributed by atoms with E-state index in [4.69, 9.17) is 5.26 Å². The van der Waals surface area contributed by atoms with Gasteiger partial charge in [0.15, 0.2) is 5.82 Å². The molecule has 3 aromatic rings. The number of hydrogen-bond donors (Lipinski definition) is 2. The zero-order valence-corrected chi connectivity index (χ0v) is 13.4. The number of rotatable bonds is 4. The molecule has 1 heterocycles. The highest BCUT2D eigenvalue weighted by Gasteiger charge is 2.04. The summed E-state index contributed by atoms with van der Waals surface area (Å²) < 4.78 is 0.931. The topological polar surface area (TPSA) is 86.5 Å². The first-order valence-electron chi connectivity index (χ1n) is 6.73. The fraction of sp³-hybridized carbons (Fsp3) is 0. The summed E-state index contributed by atoms with van der Waals surface area (Å²) in [6.45, 7) is 0. The van der Waals surface area contributed by atoms with E-state index in [9.17, 15) is 0 Å². The number of anilines is 4. The van der Waals surface area contributed by atoms with Crippen LogP contribution in [0.2, 0.25) is 0 Å². The molecule has 2 aromatic carbocycles. The van der Waals surface area contributed by atoms with Crippen molar-refractivity contribution in [2.24, 2.45) is 0 Å². The van der Waals surface area contributed by atoms with E-state index in [1.807, 2.05) is 24.3 Å². The molecule has 3 rings (SSSR count). The Balaban J connectivity index is 1.77. The van der Waals surface area contributed by atoms with Crippen molar-refractivity contribution >= 4 is 39.1 Å². The van der Waals surface area contributed by atoms with E-state index < -0.39 is 0 Å². The van der Waals surface area contributed by atoms with Crippen molar-refractivity contribution in [3.8, 4) is 6.07 Å². The molecule has 0 fully saturated rings. The highest BCUT2D eigenvalue weighted by molar-refractivity contribution is 9.10. The zero-order valence-electron chi connectivity index (χ0n) is 11.9. The van der Waals surface area contributed by atoms with Crippen molar-refractivity contribution in [3.05, 3.63) is 64.8 Å². The summed E-state index contributed by atoms with van der Waals surface area (Å²) in [6.07, 6.45) is 1.55. The lowest BCUT2D eigenvalue weighted by Gasteiger charge is -2.09. The number of hydrogen-bond acceptors (Lipinski definition) is 6. The van der Waals surface area contributed by atoms with Crippen LogP contribution in [-0.2, 0) is 0 Å². The van der Waals surface area contributed by atoms with Crippen LogP contribution in [0, 0.1) is 11.3 Å². The van der Waals surface area contributed by atoms with E-state index in [1.165, 1.54) is 0 Å². The van der Waals surface area contributed by atoms with Crippen LogP contribution < -0.4 is 10.6 Å². The Hall–Kier alpha value is -2.98. The predicted octanol–water partition coefficient (Wildman–Crippen LogP) is 3.99. The molecule has 0 bridgehead atoms. The maximum Gasteiger partial charge on any atom is 0.249 e. The van der Waals surface area contributed by atoms with E-state index in [0.29, 0.717) is 17.3 Å². The molecule has 0 atom stereocenters. The summed E-state index contributed by atoms with van der Waals surface area (Å²) in [4.78, 5) is 4.37. The molecule has 1 aromatic heterocycles. The Labute approximate surface area is 141 Å². The quantitative estimate of drug-likeness (QED) is 0.725. The van der Waals surface area contributed by atoms with Gasteiger partial charge < -0.3 is 10.6 Å². The second-order valence-corrected chi connectivity index (χ2v) is 5.44. The second kappa shape index (κ2) is 6.85. The van der Waals surface area contributed by atoms with Crippen molar-refractivity contribution < 1.29 is 0 Å². The lowest BCUT2D eigenvalue weighted by atomic mass is 10.2. The van der Waals surface area contributed by atoms with Crippen molar-refractivity contribution in [2.75, 3.05) is 10.6 Å². The summed E-state index contributed by atoms with van der Waals surface area (Å²) in [5.74, 6) is 0.940. The minimum atomic E-state index is 0.367. The van der Waals surface area contributed by atoms with E-state index in [0.717, 1.165) is 15.8 Å². The third kappa shape index (κ3) is 3.81. The largest absolute Gasteiger partial charge is 0.338 e. The van der Waals surface area contributed by atoms with Gasteiger partial charge >= 0.3 is 0 Å². The molecule has 0 amide bonds. The molecule has 2 N–H and O–H groups in total. The van der Waals surface area contributed by atoms with Crippen LogP contribution in [0.5, 0.6) is 0 Å². The summed E-state index contributed by atoms with van der Waals surface area (Å²) in [7, 11) is 0. The number of nitrogens with one attached hydrogen (secondary N) is 2. The number of benzene rings is 2. The average molecular weight is 367 g/mol. The van der Waals surface area contributed by atoms with Gasteiger partial charge in [-0.3, -0.25) is 0 Å². The van der Waals surface area contributed by atoms with E-state index in [-0.39, 0.29) is 0 Å². The van der Waals surface area contributed by atoms with E-state index in [2.05, 4.69) is 47.8 Å². The smallest absolute Gasteiger partial charge is 0.249 e. The molecule has 7 heteroatoms. The lowest BCUT2D eigenvalue weighted by Crippen LogP contribution is -2.02. The molecular formula is C16H11BrN6. The molecule has 0 unspecified atom stereocenters. The Morgan fingerprint density at radius 1 is 1.00 bits per heavy atom.